The lowest BCUT2D eigenvalue weighted by Crippen LogP contribution is -2.17. The van der Waals surface area contributed by atoms with Crippen molar-refractivity contribution in [3.05, 3.63) is 91.5 Å². The summed E-state index contributed by atoms with van der Waals surface area (Å²) in [6, 6.07) is 4.79. The number of pyridine rings is 2. The second-order valence-electron chi connectivity index (χ2n) is 11.0. The molecular weight excluding hydrogens is 676 g/mol. The second-order valence-corrected chi connectivity index (χ2v) is 11.0. The summed E-state index contributed by atoms with van der Waals surface area (Å²) < 4.78 is 167. The Hall–Kier alpha value is -5.42. The van der Waals surface area contributed by atoms with E-state index in [0.717, 1.165) is 24.3 Å². The van der Waals surface area contributed by atoms with Gasteiger partial charge < -0.3 is 0 Å². The van der Waals surface area contributed by atoms with E-state index in [1.165, 1.54) is 0 Å². The summed E-state index contributed by atoms with van der Waals surface area (Å²) in [5, 5.41) is -1.10. The zero-order valence-corrected chi connectivity index (χ0v) is 22.8. The molecule has 0 fully saturated rings. The molecule has 244 valence electrons. The zero-order valence-electron chi connectivity index (χ0n) is 22.8. The van der Waals surface area contributed by atoms with Crippen molar-refractivity contribution in [3.8, 4) is 0 Å². The Labute approximate surface area is 253 Å². The first-order valence-electron chi connectivity index (χ1n) is 13.3. The number of benzene rings is 4. The molecular formula is C30H8F12N4O2. The molecule has 0 radical (unpaired) electrons. The molecule has 8 rings (SSSR count). The molecule has 0 saturated heterocycles. The van der Waals surface area contributed by atoms with E-state index in [1.54, 1.807) is 0 Å². The summed E-state index contributed by atoms with van der Waals surface area (Å²) in [6.07, 6.45) is -21.2. The van der Waals surface area contributed by atoms with Crippen molar-refractivity contribution in [1.29, 1.82) is 0 Å². The highest BCUT2D eigenvalue weighted by Gasteiger charge is 2.41. The maximum Gasteiger partial charge on any atom is 0.418 e. The Morgan fingerprint density at radius 3 is 1.10 bits per heavy atom. The van der Waals surface area contributed by atoms with Crippen LogP contribution in [0.2, 0.25) is 0 Å². The van der Waals surface area contributed by atoms with Gasteiger partial charge in [-0.25, -0.2) is 9.97 Å². The summed E-state index contributed by atoms with van der Waals surface area (Å²) in [6.45, 7) is 0. The third-order valence-corrected chi connectivity index (χ3v) is 8.30. The molecule has 0 unspecified atom stereocenters. The minimum atomic E-state index is -5.33. The number of alkyl halides is 12. The highest BCUT2D eigenvalue weighted by Crippen LogP contribution is 2.44. The first kappa shape index (κ1) is 29.9. The summed E-state index contributed by atoms with van der Waals surface area (Å²) in [5.41, 5.74) is -13.8. The first-order chi connectivity index (χ1) is 22.2. The summed E-state index contributed by atoms with van der Waals surface area (Å²) in [5.74, 6) is 0. The van der Waals surface area contributed by atoms with E-state index in [4.69, 9.17) is 0 Å². The standard InChI is InChI=1S/C30H8F12N4O2/c31-27(32,33)9-5-15(29(37,38)39)21-17(7-9)45-23(43-21)11-1-3-13-20-12(2-4-14(19(11)20)26(45)48)24-44-22-16(30(40,41)42)6-10(28(34,35)36)8-18(22)46(24)25(13)47/h1-8H. The molecule has 0 aliphatic heterocycles. The fourth-order valence-corrected chi connectivity index (χ4v) is 6.35. The molecule has 0 atom stereocenters. The van der Waals surface area contributed by atoms with Crippen LogP contribution in [0, 0.1) is 0 Å². The zero-order chi connectivity index (χ0) is 34.6. The SMILES string of the molecule is O=c1c2ccc3c4c(ccc(c24)c2nc4c(C(F)(F)F)cc(C(F)(F)F)cc4n12)c(=O)n1c2cc(C(F)(F)F)cc(C(F)(F)F)c2nc31. The number of halogens is 12. The highest BCUT2D eigenvalue weighted by molar-refractivity contribution is 6.27. The van der Waals surface area contributed by atoms with Gasteiger partial charge in [-0.1, -0.05) is 0 Å². The van der Waals surface area contributed by atoms with Crippen molar-refractivity contribution < 1.29 is 52.7 Å². The van der Waals surface area contributed by atoms with Crippen molar-refractivity contribution in [2.75, 3.05) is 0 Å². The average molecular weight is 684 g/mol. The van der Waals surface area contributed by atoms with Crippen LogP contribution in [0.25, 0.3) is 65.7 Å². The van der Waals surface area contributed by atoms with Crippen molar-refractivity contribution in [2.45, 2.75) is 24.7 Å². The minimum absolute atomic E-state index is 0.115. The third-order valence-electron chi connectivity index (χ3n) is 8.30. The maximum atomic E-state index is 14.0. The Balaban J connectivity index is 1.58. The molecule has 0 bridgehead atoms. The normalized spacial score (nSPS) is 14.0. The second kappa shape index (κ2) is 8.73. The van der Waals surface area contributed by atoms with Crippen LogP contribution in [0.4, 0.5) is 52.7 Å². The number of rotatable bonds is 0. The Kier molecular flexibility index (Phi) is 5.44. The van der Waals surface area contributed by atoms with Gasteiger partial charge in [-0.2, -0.15) is 52.7 Å². The Morgan fingerprint density at radius 2 is 0.792 bits per heavy atom. The Bertz CT molecular complexity index is 2630. The van der Waals surface area contributed by atoms with Gasteiger partial charge in [0.1, 0.15) is 22.3 Å². The molecule has 18 heteroatoms. The van der Waals surface area contributed by atoms with Gasteiger partial charge in [0.25, 0.3) is 11.1 Å². The first-order valence-corrected chi connectivity index (χ1v) is 13.3. The average Bonchev–Trinajstić information content (AvgIpc) is 3.55. The number of nitrogens with zero attached hydrogens (tertiary/aromatic N) is 4. The molecule has 6 nitrogen and oxygen atoms in total. The number of hydrogen-bond acceptors (Lipinski definition) is 4. The molecule has 0 N–H and O–H groups in total. The predicted molar refractivity (Wildman–Crippen MR) is 146 cm³/mol. The summed E-state index contributed by atoms with van der Waals surface area (Å²) in [4.78, 5) is 35.4. The number of fused-ring (bicyclic) bond motifs is 8. The van der Waals surface area contributed by atoms with Crippen LogP contribution in [0.5, 0.6) is 0 Å². The van der Waals surface area contributed by atoms with Crippen LogP contribution in [-0.4, -0.2) is 18.8 Å². The van der Waals surface area contributed by atoms with Crippen LogP contribution in [0.15, 0.2) is 58.1 Å². The van der Waals surface area contributed by atoms with Crippen LogP contribution in [-0.2, 0) is 24.7 Å². The summed E-state index contributed by atoms with van der Waals surface area (Å²) in [7, 11) is 0. The number of imidazole rings is 2. The topological polar surface area (TPSA) is 68.7 Å². The molecule has 4 aromatic heterocycles. The molecule has 0 aliphatic rings. The van der Waals surface area contributed by atoms with E-state index in [9.17, 15) is 62.3 Å². The van der Waals surface area contributed by atoms with E-state index >= 15 is 0 Å². The van der Waals surface area contributed by atoms with Gasteiger partial charge in [-0.15, -0.1) is 0 Å². The molecule has 4 heterocycles. The molecule has 48 heavy (non-hydrogen) atoms. The van der Waals surface area contributed by atoms with Gasteiger partial charge in [0.2, 0.25) is 0 Å². The third kappa shape index (κ3) is 3.85. The number of aromatic nitrogens is 4. The fourth-order valence-electron chi connectivity index (χ4n) is 6.35. The smallest absolute Gasteiger partial charge is 0.268 e. The quantitative estimate of drug-likeness (QED) is 0.119. The van der Waals surface area contributed by atoms with Crippen LogP contribution in [0.1, 0.15) is 22.3 Å². The van der Waals surface area contributed by atoms with E-state index in [2.05, 4.69) is 9.97 Å². The lowest BCUT2D eigenvalue weighted by molar-refractivity contribution is -0.143. The molecule has 8 aromatic rings. The van der Waals surface area contributed by atoms with Crippen LogP contribution >= 0.6 is 0 Å². The fraction of sp³-hybridized carbons (Fsp3) is 0.133. The largest absolute Gasteiger partial charge is 0.418 e. The minimum Gasteiger partial charge on any atom is -0.268 e. The van der Waals surface area contributed by atoms with Gasteiger partial charge in [0.15, 0.2) is 0 Å². The van der Waals surface area contributed by atoms with Crippen molar-refractivity contribution in [2.24, 2.45) is 0 Å². The molecule has 0 aliphatic carbocycles. The van der Waals surface area contributed by atoms with Crippen molar-refractivity contribution in [3.63, 3.8) is 0 Å². The predicted octanol–water partition coefficient (Wildman–Crippen LogP) is 8.42. The van der Waals surface area contributed by atoms with E-state index in [0.29, 0.717) is 20.9 Å². The van der Waals surface area contributed by atoms with Crippen LogP contribution < -0.4 is 11.1 Å². The maximum absolute atomic E-state index is 14.0. The van der Waals surface area contributed by atoms with E-state index < -0.39 is 91.4 Å². The molecule has 0 spiro atoms. The highest BCUT2D eigenvalue weighted by atomic mass is 19.4. The lowest BCUT2D eigenvalue weighted by Gasteiger charge is -2.13. The van der Waals surface area contributed by atoms with Crippen molar-refractivity contribution >= 4 is 65.7 Å². The lowest BCUT2D eigenvalue weighted by atomic mass is 9.96. The van der Waals surface area contributed by atoms with Gasteiger partial charge in [-0.3, -0.25) is 18.4 Å². The van der Waals surface area contributed by atoms with E-state index in [-0.39, 0.29) is 44.5 Å². The Morgan fingerprint density at radius 1 is 0.458 bits per heavy atom. The van der Waals surface area contributed by atoms with Crippen LogP contribution in [0.3, 0.4) is 0 Å². The monoisotopic (exact) mass is 684 g/mol. The molecule has 0 saturated carbocycles. The van der Waals surface area contributed by atoms with Gasteiger partial charge in [0.05, 0.1) is 33.3 Å². The van der Waals surface area contributed by atoms with Crippen molar-refractivity contribution in [1.82, 2.24) is 18.8 Å². The van der Waals surface area contributed by atoms with Gasteiger partial charge in [0, 0.05) is 32.3 Å². The van der Waals surface area contributed by atoms with Gasteiger partial charge >= 0.3 is 24.7 Å². The van der Waals surface area contributed by atoms with E-state index in [1.807, 2.05) is 0 Å². The molecule has 0 amide bonds. The van der Waals surface area contributed by atoms with Gasteiger partial charge in [-0.05, 0) is 48.5 Å². The number of hydrogen-bond donors (Lipinski definition) is 0. The summed E-state index contributed by atoms with van der Waals surface area (Å²) >= 11 is 0. The molecule has 4 aromatic carbocycles.